The van der Waals surface area contributed by atoms with Gasteiger partial charge in [0.05, 0.1) is 17.6 Å². The van der Waals surface area contributed by atoms with Crippen molar-refractivity contribution in [3.05, 3.63) is 17.7 Å². The van der Waals surface area contributed by atoms with Crippen LogP contribution in [0.1, 0.15) is 45.1 Å². The average molecular weight is 191 g/mol. The van der Waals surface area contributed by atoms with Gasteiger partial charge in [0.1, 0.15) is 5.82 Å². The van der Waals surface area contributed by atoms with E-state index in [2.05, 4.69) is 43.0 Å². The average Bonchev–Trinajstić information content (AvgIpc) is 2.36. The lowest BCUT2D eigenvalue weighted by Crippen LogP contribution is -2.27. The fraction of sp³-hybridized carbons (Fsp3) is 0.636. The molecule has 14 heavy (non-hydrogen) atoms. The van der Waals surface area contributed by atoms with Gasteiger partial charge < -0.3 is 5.32 Å². The second kappa shape index (κ2) is 2.94. The Hall–Kier alpha value is -1.12. The van der Waals surface area contributed by atoms with Crippen molar-refractivity contribution in [2.75, 3.05) is 5.32 Å². The second-order valence-electron chi connectivity index (χ2n) is 4.93. The fourth-order valence-corrected chi connectivity index (χ4v) is 1.78. The van der Waals surface area contributed by atoms with Gasteiger partial charge in [-0.05, 0) is 13.8 Å². The van der Waals surface area contributed by atoms with Gasteiger partial charge >= 0.3 is 0 Å². The van der Waals surface area contributed by atoms with E-state index in [1.54, 1.807) is 0 Å². The van der Waals surface area contributed by atoms with Gasteiger partial charge in [-0.1, -0.05) is 13.8 Å². The summed E-state index contributed by atoms with van der Waals surface area (Å²) >= 11 is 0. The summed E-state index contributed by atoms with van der Waals surface area (Å²) in [6.45, 7) is 8.61. The molecular weight excluding hydrogens is 174 g/mol. The Labute approximate surface area is 85.0 Å². The Morgan fingerprint density at radius 1 is 1.43 bits per heavy atom. The lowest BCUT2D eigenvalue weighted by atomic mass is 10.0. The van der Waals surface area contributed by atoms with E-state index in [1.807, 2.05) is 6.20 Å². The van der Waals surface area contributed by atoms with E-state index in [1.165, 1.54) is 0 Å². The largest absolute Gasteiger partial charge is 0.377 e. The van der Waals surface area contributed by atoms with Gasteiger partial charge in [0.15, 0.2) is 0 Å². The molecule has 1 aliphatic heterocycles. The van der Waals surface area contributed by atoms with Crippen LogP contribution in [0.4, 0.5) is 5.69 Å². The van der Waals surface area contributed by atoms with Crippen LogP contribution in [-0.4, -0.2) is 15.5 Å². The molecule has 1 N–H and O–H groups in total. The van der Waals surface area contributed by atoms with Gasteiger partial charge in [-0.15, -0.1) is 0 Å². The summed E-state index contributed by atoms with van der Waals surface area (Å²) in [5, 5.41) is 3.41. The normalized spacial score (nSPS) is 18.1. The highest BCUT2D eigenvalue weighted by Crippen LogP contribution is 2.30. The minimum Gasteiger partial charge on any atom is -0.377 e. The molecule has 0 amide bonds. The molecule has 2 heterocycles. The van der Waals surface area contributed by atoms with Crippen LogP contribution in [0.15, 0.2) is 6.20 Å². The predicted octanol–water partition coefficient (Wildman–Crippen LogP) is 2.35. The molecule has 0 spiro atoms. The summed E-state index contributed by atoms with van der Waals surface area (Å²) in [5.74, 6) is 1.35. The van der Waals surface area contributed by atoms with Gasteiger partial charge in [-0.25, -0.2) is 9.97 Å². The number of nitrogens with zero attached hydrogens (tertiary/aromatic N) is 2. The van der Waals surface area contributed by atoms with Crippen LogP contribution in [0.3, 0.4) is 0 Å². The van der Waals surface area contributed by atoms with E-state index in [0.717, 1.165) is 23.6 Å². The van der Waals surface area contributed by atoms with Crippen molar-refractivity contribution in [1.29, 1.82) is 0 Å². The predicted molar refractivity (Wildman–Crippen MR) is 57.5 cm³/mol. The van der Waals surface area contributed by atoms with Gasteiger partial charge in [-0.3, -0.25) is 0 Å². The van der Waals surface area contributed by atoms with E-state index >= 15 is 0 Å². The first kappa shape index (κ1) is 9.44. The van der Waals surface area contributed by atoms with Crippen molar-refractivity contribution in [1.82, 2.24) is 9.97 Å². The molecule has 1 aromatic rings. The molecule has 3 nitrogen and oxygen atoms in total. The van der Waals surface area contributed by atoms with Crippen molar-refractivity contribution < 1.29 is 0 Å². The van der Waals surface area contributed by atoms with Gasteiger partial charge in [0, 0.05) is 17.9 Å². The molecule has 0 atom stereocenters. The van der Waals surface area contributed by atoms with Crippen LogP contribution in [0, 0.1) is 0 Å². The van der Waals surface area contributed by atoms with E-state index < -0.39 is 0 Å². The summed E-state index contributed by atoms with van der Waals surface area (Å²) in [5.41, 5.74) is 2.39. The first-order valence-electron chi connectivity index (χ1n) is 5.12. The molecule has 1 aromatic heterocycles. The van der Waals surface area contributed by atoms with Crippen LogP contribution < -0.4 is 5.32 Å². The highest BCUT2D eigenvalue weighted by molar-refractivity contribution is 5.54. The third-order valence-electron chi connectivity index (χ3n) is 2.49. The Kier molecular flexibility index (Phi) is 1.98. The Bertz CT molecular complexity index is 356. The van der Waals surface area contributed by atoms with Crippen molar-refractivity contribution in [2.24, 2.45) is 0 Å². The van der Waals surface area contributed by atoms with Gasteiger partial charge in [0.2, 0.25) is 0 Å². The number of fused-ring (bicyclic) bond motifs is 1. The van der Waals surface area contributed by atoms with Gasteiger partial charge in [-0.2, -0.15) is 0 Å². The minimum atomic E-state index is 0.132. The van der Waals surface area contributed by atoms with Crippen molar-refractivity contribution in [2.45, 2.75) is 45.6 Å². The molecule has 0 aromatic carbocycles. The fourth-order valence-electron chi connectivity index (χ4n) is 1.78. The minimum absolute atomic E-state index is 0.132. The topological polar surface area (TPSA) is 37.8 Å². The second-order valence-corrected chi connectivity index (χ2v) is 4.93. The van der Waals surface area contributed by atoms with Crippen LogP contribution in [0.25, 0.3) is 0 Å². The van der Waals surface area contributed by atoms with Crippen LogP contribution in [-0.2, 0) is 6.42 Å². The lowest BCUT2D eigenvalue weighted by molar-refractivity contribution is 0.587. The summed E-state index contributed by atoms with van der Waals surface area (Å²) in [7, 11) is 0. The number of anilines is 1. The molecule has 0 unspecified atom stereocenters. The summed E-state index contributed by atoms with van der Waals surface area (Å²) < 4.78 is 0. The number of aromatic nitrogens is 2. The van der Waals surface area contributed by atoms with Crippen molar-refractivity contribution in [3.8, 4) is 0 Å². The summed E-state index contributed by atoms with van der Waals surface area (Å²) in [6, 6.07) is 0. The van der Waals surface area contributed by atoms with E-state index in [4.69, 9.17) is 0 Å². The molecule has 1 aliphatic rings. The lowest BCUT2D eigenvalue weighted by Gasteiger charge is -2.17. The molecule has 3 heteroatoms. The van der Waals surface area contributed by atoms with Crippen molar-refractivity contribution in [3.63, 3.8) is 0 Å². The highest BCUT2D eigenvalue weighted by atomic mass is 15.1. The number of nitrogens with one attached hydrogen (secondary N) is 1. The van der Waals surface area contributed by atoms with Crippen LogP contribution >= 0.6 is 0 Å². The van der Waals surface area contributed by atoms with Gasteiger partial charge in [0.25, 0.3) is 0 Å². The smallest absolute Gasteiger partial charge is 0.131 e. The maximum Gasteiger partial charge on any atom is 0.131 e. The molecular formula is C11H17N3. The van der Waals surface area contributed by atoms with E-state index in [-0.39, 0.29) is 5.54 Å². The quantitative estimate of drug-likeness (QED) is 0.740. The molecule has 0 fully saturated rings. The zero-order valence-electron chi connectivity index (χ0n) is 9.26. The molecule has 0 aliphatic carbocycles. The molecule has 0 saturated heterocycles. The standard InChI is InChI=1S/C11H17N3/c1-7(2)10-12-6-9-8(13-10)5-11(3,4)14-9/h6-7,14H,5H2,1-4H3. The summed E-state index contributed by atoms with van der Waals surface area (Å²) in [6.07, 6.45) is 2.90. The third-order valence-corrected chi connectivity index (χ3v) is 2.49. The van der Waals surface area contributed by atoms with Crippen LogP contribution in [0.5, 0.6) is 0 Å². The monoisotopic (exact) mass is 191 g/mol. The molecule has 0 saturated carbocycles. The number of hydrogen-bond donors (Lipinski definition) is 1. The maximum absolute atomic E-state index is 4.57. The molecule has 76 valence electrons. The SMILES string of the molecule is CC(C)c1ncc2c(n1)CC(C)(C)N2. The highest BCUT2D eigenvalue weighted by Gasteiger charge is 2.29. The number of hydrogen-bond acceptors (Lipinski definition) is 3. The number of rotatable bonds is 1. The Morgan fingerprint density at radius 3 is 2.79 bits per heavy atom. The Morgan fingerprint density at radius 2 is 2.14 bits per heavy atom. The zero-order chi connectivity index (χ0) is 10.3. The maximum atomic E-state index is 4.57. The van der Waals surface area contributed by atoms with E-state index in [0.29, 0.717) is 5.92 Å². The van der Waals surface area contributed by atoms with Crippen LogP contribution in [0.2, 0.25) is 0 Å². The van der Waals surface area contributed by atoms with Crippen molar-refractivity contribution >= 4 is 5.69 Å². The zero-order valence-corrected chi connectivity index (χ0v) is 9.26. The third kappa shape index (κ3) is 1.59. The van der Waals surface area contributed by atoms with E-state index in [9.17, 15) is 0 Å². The molecule has 0 bridgehead atoms. The summed E-state index contributed by atoms with van der Waals surface area (Å²) in [4.78, 5) is 8.92. The Balaban J connectivity index is 2.36. The molecule has 2 rings (SSSR count). The first-order chi connectivity index (χ1) is 6.48. The first-order valence-corrected chi connectivity index (χ1v) is 5.12. The molecule has 0 radical (unpaired) electrons.